The molecule has 25 heavy (non-hydrogen) atoms. The lowest BCUT2D eigenvalue weighted by molar-refractivity contribution is 0.0727. The summed E-state index contributed by atoms with van der Waals surface area (Å²) < 4.78 is 18.9. The van der Waals surface area contributed by atoms with Crippen LogP contribution in [-0.4, -0.2) is 46.2 Å². The number of benzene rings is 2. The normalized spacial score (nSPS) is 20.2. The molecule has 128 valence electrons. The van der Waals surface area contributed by atoms with E-state index in [4.69, 9.17) is 4.74 Å². The van der Waals surface area contributed by atoms with Crippen LogP contribution in [0.5, 0.6) is 5.75 Å². The molecule has 0 saturated carbocycles. The maximum atomic E-state index is 13.3. The van der Waals surface area contributed by atoms with Crippen LogP contribution in [0, 0.1) is 5.82 Å². The second kappa shape index (κ2) is 6.22. The van der Waals surface area contributed by atoms with E-state index in [0.717, 1.165) is 10.9 Å². The fraction of sp³-hybridized carbons (Fsp3) is 0.211. The largest absolute Gasteiger partial charge is 0.486 e. The molecule has 2 heterocycles. The van der Waals surface area contributed by atoms with Crippen molar-refractivity contribution in [3.63, 3.8) is 0 Å². The van der Waals surface area contributed by atoms with Gasteiger partial charge in [-0.05, 0) is 24.3 Å². The maximum absolute atomic E-state index is 13.3. The van der Waals surface area contributed by atoms with Gasteiger partial charge in [-0.1, -0.05) is 24.3 Å². The van der Waals surface area contributed by atoms with E-state index < -0.39 is 18.0 Å². The molecule has 0 radical (unpaired) electrons. The van der Waals surface area contributed by atoms with Gasteiger partial charge in [0.25, 0.3) is 5.91 Å². The van der Waals surface area contributed by atoms with E-state index in [1.165, 1.54) is 12.1 Å². The second-order valence-corrected chi connectivity index (χ2v) is 6.16. The SMILES string of the molecule is O=C(c1cc2ccccc2[nH]1)N1C[C@@H](O)[C@H](Oc2cccc(F)c2)C1. The number of rotatable bonds is 3. The number of para-hydroxylation sites is 1. The molecule has 3 aromatic rings. The van der Waals surface area contributed by atoms with Crippen LogP contribution in [-0.2, 0) is 0 Å². The number of likely N-dealkylation sites (tertiary alicyclic amines) is 1. The van der Waals surface area contributed by atoms with Gasteiger partial charge in [0.2, 0.25) is 0 Å². The molecule has 1 aliphatic rings. The summed E-state index contributed by atoms with van der Waals surface area (Å²) in [5, 5.41) is 11.2. The molecular formula is C19H17FN2O3. The van der Waals surface area contributed by atoms with Crippen molar-refractivity contribution in [3.8, 4) is 5.75 Å². The second-order valence-electron chi connectivity index (χ2n) is 6.16. The van der Waals surface area contributed by atoms with E-state index in [-0.39, 0.29) is 19.0 Å². The number of aromatic nitrogens is 1. The molecule has 1 fully saturated rings. The predicted molar refractivity (Wildman–Crippen MR) is 91.0 cm³/mol. The first-order valence-corrected chi connectivity index (χ1v) is 8.07. The van der Waals surface area contributed by atoms with E-state index in [9.17, 15) is 14.3 Å². The Labute approximate surface area is 143 Å². The zero-order valence-corrected chi connectivity index (χ0v) is 13.4. The molecule has 6 heteroatoms. The summed E-state index contributed by atoms with van der Waals surface area (Å²) in [5.74, 6) is -0.263. The number of H-pyrrole nitrogens is 1. The molecule has 2 aromatic carbocycles. The number of aromatic amines is 1. The minimum absolute atomic E-state index is 0.175. The lowest BCUT2D eigenvalue weighted by Gasteiger charge is -2.17. The number of fused-ring (bicyclic) bond motifs is 1. The van der Waals surface area contributed by atoms with Crippen LogP contribution in [0.1, 0.15) is 10.5 Å². The molecule has 0 bridgehead atoms. The quantitative estimate of drug-likeness (QED) is 0.770. The number of halogens is 1. The minimum Gasteiger partial charge on any atom is -0.486 e. The monoisotopic (exact) mass is 340 g/mol. The summed E-state index contributed by atoms with van der Waals surface area (Å²) in [7, 11) is 0. The Morgan fingerprint density at radius 2 is 2.00 bits per heavy atom. The van der Waals surface area contributed by atoms with Gasteiger partial charge in [-0.2, -0.15) is 0 Å². The van der Waals surface area contributed by atoms with Crippen LogP contribution in [0.2, 0.25) is 0 Å². The van der Waals surface area contributed by atoms with E-state index in [0.29, 0.717) is 11.4 Å². The number of nitrogens with one attached hydrogen (secondary N) is 1. The highest BCUT2D eigenvalue weighted by molar-refractivity contribution is 5.98. The third-order valence-corrected chi connectivity index (χ3v) is 4.37. The third kappa shape index (κ3) is 3.08. The Balaban J connectivity index is 1.49. The highest BCUT2D eigenvalue weighted by atomic mass is 19.1. The smallest absolute Gasteiger partial charge is 0.270 e. The minimum atomic E-state index is -0.823. The van der Waals surface area contributed by atoms with Crippen molar-refractivity contribution in [3.05, 3.63) is 66.1 Å². The highest BCUT2D eigenvalue weighted by Crippen LogP contribution is 2.22. The van der Waals surface area contributed by atoms with Crippen LogP contribution >= 0.6 is 0 Å². The van der Waals surface area contributed by atoms with E-state index >= 15 is 0 Å². The van der Waals surface area contributed by atoms with Gasteiger partial charge < -0.3 is 19.7 Å². The van der Waals surface area contributed by atoms with Gasteiger partial charge in [0.05, 0.1) is 13.1 Å². The predicted octanol–water partition coefficient (Wildman–Crippen LogP) is 2.57. The first kappa shape index (κ1) is 15.7. The molecule has 1 amide bonds. The van der Waals surface area contributed by atoms with Gasteiger partial charge in [-0.3, -0.25) is 4.79 Å². The van der Waals surface area contributed by atoms with Gasteiger partial charge in [-0.15, -0.1) is 0 Å². The van der Waals surface area contributed by atoms with Crippen molar-refractivity contribution in [2.24, 2.45) is 0 Å². The molecular weight excluding hydrogens is 323 g/mol. The average Bonchev–Trinajstić information content (AvgIpc) is 3.18. The summed E-state index contributed by atoms with van der Waals surface area (Å²) >= 11 is 0. The fourth-order valence-corrected chi connectivity index (χ4v) is 3.11. The Morgan fingerprint density at radius 3 is 2.80 bits per heavy atom. The molecule has 0 spiro atoms. The number of carbonyl (C=O) groups excluding carboxylic acids is 1. The Hall–Kier alpha value is -2.86. The Morgan fingerprint density at radius 1 is 1.16 bits per heavy atom. The fourth-order valence-electron chi connectivity index (χ4n) is 3.11. The molecule has 5 nitrogen and oxygen atoms in total. The van der Waals surface area contributed by atoms with Gasteiger partial charge in [0.15, 0.2) is 0 Å². The van der Waals surface area contributed by atoms with Crippen LogP contribution in [0.3, 0.4) is 0 Å². The molecule has 1 saturated heterocycles. The van der Waals surface area contributed by atoms with Crippen molar-refractivity contribution in [2.45, 2.75) is 12.2 Å². The number of β-amino-alcohol motifs (C(OH)–C–C–N with tert-alkyl or cyclic N) is 1. The Bertz CT molecular complexity index is 891. The Kier molecular flexibility index (Phi) is 3.89. The van der Waals surface area contributed by atoms with E-state index in [2.05, 4.69) is 4.98 Å². The summed E-state index contributed by atoms with van der Waals surface area (Å²) in [4.78, 5) is 17.3. The number of ether oxygens (including phenoxy) is 1. The summed E-state index contributed by atoms with van der Waals surface area (Å²) in [6.45, 7) is 0.417. The number of carbonyl (C=O) groups is 1. The number of hydrogen-bond donors (Lipinski definition) is 2. The number of nitrogens with zero attached hydrogens (tertiary/aromatic N) is 1. The average molecular weight is 340 g/mol. The molecule has 2 N–H and O–H groups in total. The van der Waals surface area contributed by atoms with Crippen LogP contribution in [0.15, 0.2) is 54.6 Å². The van der Waals surface area contributed by atoms with Gasteiger partial charge >= 0.3 is 0 Å². The first-order valence-electron chi connectivity index (χ1n) is 8.07. The number of hydrogen-bond acceptors (Lipinski definition) is 3. The lowest BCUT2D eigenvalue weighted by Crippen LogP contribution is -2.31. The van der Waals surface area contributed by atoms with E-state index in [1.54, 1.807) is 23.1 Å². The number of aliphatic hydroxyl groups excluding tert-OH is 1. The van der Waals surface area contributed by atoms with Crippen molar-refractivity contribution >= 4 is 16.8 Å². The van der Waals surface area contributed by atoms with Crippen molar-refractivity contribution in [1.82, 2.24) is 9.88 Å². The van der Waals surface area contributed by atoms with Crippen LogP contribution < -0.4 is 4.74 Å². The van der Waals surface area contributed by atoms with Crippen molar-refractivity contribution in [1.29, 1.82) is 0 Å². The lowest BCUT2D eigenvalue weighted by atomic mass is 10.2. The molecule has 0 aliphatic carbocycles. The number of amides is 1. The maximum Gasteiger partial charge on any atom is 0.270 e. The van der Waals surface area contributed by atoms with E-state index in [1.807, 2.05) is 24.3 Å². The molecule has 1 aliphatic heterocycles. The van der Waals surface area contributed by atoms with Gasteiger partial charge in [-0.25, -0.2) is 4.39 Å². The molecule has 0 unspecified atom stereocenters. The standard InChI is InChI=1S/C19H17FN2O3/c20-13-5-3-6-14(9-13)25-18-11-22(10-17(18)23)19(24)16-8-12-4-1-2-7-15(12)21-16/h1-9,17-18,21,23H,10-11H2/t17-,18-/m1/s1. The first-order chi connectivity index (χ1) is 12.1. The summed E-state index contributed by atoms with van der Waals surface area (Å²) in [5.41, 5.74) is 1.36. The number of aliphatic hydroxyl groups is 1. The molecule has 1 aromatic heterocycles. The zero-order valence-electron chi connectivity index (χ0n) is 13.4. The van der Waals surface area contributed by atoms with Crippen molar-refractivity contribution < 1.29 is 19.0 Å². The zero-order chi connectivity index (χ0) is 17.4. The highest BCUT2D eigenvalue weighted by Gasteiger charge is 2.36. The van der Waals surface area contributed by atoms with Gasteiger partial charge in [0.1, 0.15) is 29.5 Å². The van der Waals surface area contributed by atoms with Crippen LogP contribution in [0.25, 0.3) is 10.9 Å². The third-order valence-electron chi connectivity index (χ3n) is 4.37. The molecule has 4 rings (SSSR count). The summed E-state index contributed by atoms with van der Waals surface area (Å²) in [6.07, 6.45) is -1.41. The van der Waals surface area contributed by atoms with Gasteiger partial charge in [0, 0.05) is 17.0 Å². The topological polar surface area (TPSA) is 65.6 Å². The van der Waals surface area contributed by atoms with Crippen LogP contribution in [0.4, 0.5) is 4.39 Å². The summed E-state index contributed by atoms with van der Waals surface area (Å²) in [6, 6.07) is 15.2. The molecule has 2 atom stereocenters. The van der Waals surface area contributed by atoms with Crippen molar-refractivity contribution in [2.75, 3.05) is 13.1 Å².